The van der Waals surface area contributed by atoms with E-state index in [-0.39, 0.29) is 5.12 Å². The minimum absolute atomic E-state index is 0.131. The summed E-state index contributed by atoms with van der Waals surface area (Å²) in [5, 5.41) is 0.131. The van der Waals surface area contributed by atoms with Crippen LogP contribution in [0, 0.1) is 6.92 Å². The summed E-state index contributed by atoms with van der Waals surface area (Å²) < 4.78 is 0. The molecule has 0 aliphatic heterocycles. The fourth-order valence-corrected chi connectivity index (χ4v) is 2.01. The zero-order chi connectivity index (χ0) is 8.97. The molecule has 0 atom stereocenters. The number of carbonyl (C=O) groups is 1. The van der Waals surface area contributed by atoms with Crippen LogP contribution in [0.15, 0.2) is 24.3 Å². The van der Waals surface area contributed by atoms with E-state index in [2.05, 4.69) is 0 Å². The molecule has 0 saturated heterocycles. The van der Waals surface area contributed by atoms with E-state index < -0.39 is 0 Å². The van der Waals surface area contributed by atoms with Crippen molar-refractivity contribution in [1.82, 2.24) is 0 Å². The van der Waals surface area contributed by atoms with E-state index >= 15 is 0 Å². The maximum Gasteiger partial charge on any atom is 0.229 e. The summed E-state index contributed by atoms with van der Waals surface area (Å²) in [6.45, 7) is 1.99. The van der Waals surface area contributed by atoms with Crippen LogP contribution in [0.1, 0.15) is 15.9 Å². The molecule has 1 nitrogen and oxygen atoms in total. The first-order valence-electron chi connectivity index (χ1n) is 3.55. The van der Waals surface area contributed by atoms with Gasteiger partial charge in [0, 0.05) is 5.56 Å². The van der Waals surface area contributed by atoms with Gasteiger partial charge in [0.1, 0.15) is 0 Å². The van der Waals surface area contributed by atoms with Gasteiger partial charge in [-0.3, -0.25) is 4.79 Å². The Balaban J connectivity index is 2.81. The van der Waals surface area contributed by atoms with Crippen LogP contribution in [0.4, 0.5) is 0 Å². The molecular weight excluding hydrogens is 188 g/mol. The predicted octanol–water partition coefficient (Wildman–Crippen LogP) is 3.15. The Morgan fingerprint density at radius 2 is 2.17 bits per heavy atom. The summed E-state index contributed by atoms with van der Waals surface area (Å²) in [6.07, 6.45) is 1.90. The topological polar surface area (TPSA) is 17.1 Å². The molecule has 0 aromatic heterocycles. The van der Waals surface area contributed by atoms with Crippen LogP contribution in [0.3, 0.4) is 0 Å². The number of hydrogen-bond acceptors (Lipinski definition) is 3. The molecule has 0 radical (unpaired) electrons. The van der Waals surface area contributed by atoms with Crippen LogP contribution in [0.5, 0.6) is 0 Å². The van der Waals surface area contributed by atoms with E-state index in [4.69, 9.17) is 0 Å². The van der Waals surface area contributed by atoms with E-state index in [0.717, 1.165) is 11.1 Å². The highest BCUT2D eigenvalue weighted by Crippen LogP contribution is 2.22. The number of hydrogen-bond donors (Lipinski definition) is 0. The Kier molecular flexibility index (Phi) is 3.69. The van der Waals surface area contributed by atoms with Gasteiger partial charge in [-0.25, -0.2) is 0 Å². The van der Waals surface area contributed by atoms with Crippen molar-refractivity contribution in [3.63, 3.8) is 0 Å². The van der Waals surface area contributed by atoms with Crippen molar-refractivity contribution < 1.29 is 4.79 Å². The molecule has 0 aliphatic rings. The maximum atomic E-state index is 11.3. The summed E-state index contributed by atoms with van der Waals surface area (Å²) in [6, 6.07) is 7.65. The number of benzene rings is 1. The lowest BCUT2D eigenvalue weighted by Crippen LogP contribution is -1.90. The Morgan fingerprint density at radius 1 is 1.42 bits per heavy atom. The fourth-order valence-electron chi connectivity index (χ4n) is 0.896. The maximum absolute atomic E-state index is 11.3. The molecule has 0 spiro atoms. The molecule has 64 valence electrons. The molecule has 0 amide bonds. The highest BCUT2D eigenvalue weighted by Gasteiger charge is 2.04. The smallest absolute Gasteiger partial charge is 0.229 e. The highest BCUT2D eigenvalue weighted by atomic mass is 33.1. The van der Waals surface area contributed by atoms with Crippen LogP contribution < -0.4 is 0 Å². The summed E-state index contributed by atoms with van der Waals surface area (Å²) in [7, 11) is 2.75. The number of rotatable bonds is 2. The molecule has 0 aliphatic carbocycles. The molecule has 1 rings (SSSR count). The second kappa shape index (κ2) is 4.58. The van der Waals surface area contributed by atoms with Crippen molar-refractivity contribution in [2.24, 2.45) is 0 Å². The van der Waals surface area contributed by atoms with Gasteiger partial charge in [-0.1, -0.05) is 34.6 Å². The fraction of sp³-hybridized carbons (Fsp3) is 0.222. The Hall–Kier alpha value is -0.410. The van der Waals surface area contributed by atoms with Crippen molar-refractivity contribution in [2.75, 3.05) is 6.26 Å². The lowest BCUT2D eigenvalue weighted by atomic mass is 10.2. The minimum atomic E-state index is 0.131. The largest absolute Gasteiger partial charge is 0.281 e. The van der Waals surface area contributed by atoms with Crippen molar-refractivity contribution >= 4 is 26.7 Å². The van der Waals surface area contributed by atoms with Gasteiger partial charge >= 0.3 is 0 Å². The molecule has 1 aromatic carbocycles. The minimum Gasteiger partial charge on any atom is -0.281 e. The zero-order valence-electron chi connectivity index (χ0n) is 7.03. The van der Waals surface area contributed by atoms with Gasteiger partial charge in [-0.2, -0.15) is 0 Å². The molecule has 0 unspecified atom stereocenters. The monoisotopic (exact) mass is 198 g/mol. The third kappa shape index (κ3) is 2.57. The Morgan fingerprint density at radius 3 is 2.75 bits per heavy atom. The first kappa shape index (κ1) is 9.68. The Bertz CT molecular complexity index is 284. The first-order valence-corrected chi connectivity index (χ1v) is 6.11. The van der Waals surface area contributed by atoms with Gasteiger partial charge in [0.15, 0.2) is 0 Å². The van der Waals surface area contributed by atoms with Gasteiger partial charge < -0.3 is 0 Å². The predicted molar refractivity (Wildman–Crippen MR) is 56.6 cm³/mol. The highest BCUT2D eigenvalue weighted by molar-refractivity contribution is 8.82. The SMILES string of the molecule is CSSC(=O)c1cccc(C)c1. The van der Waals surface area contributed by atoms with Crippen LogP contribution in [0.25, 0.3) is 0 Å². The van der Waals surface area contributed by atoms with Crippen LogP contribution in [-0.2, 0) is 0 Å². The van der Waals surface area contributed by atoms with Crippen molar-refractivity contribution in [2.45, 2.75) is 6.92 Å². The molecule has 0 fully saturated rings. The van der Waals surface area contributed by atoms with Crippen LogP contribution in [-0.4, -0.2) is 11.4 Å². The average molecular weight is 198 g/mol. The molecule has 12 heavy (non-hydrogen) atoms. The van der Waals surface area contributed by atoms with E-state index in [0.29, 0.717) is 0 Å². The second-order valence-corrected chi connectivity index (χ2v) is 4.78. The van der Waals surface area contributed by atoms with E-state index in [9.17, 15) is 4.79 Å². The lowest BCUT2D eigenvalue weighted by Gasteiger charge is -1.98. The average Bonchev–Trinajstić information content (AvgIpc) is 2.05. The van der Waals surface area contributed by atoms with Gasteiger partial charge in [0.05, 0.1) is 0 Å². The molecule has 0 N–H and O–H groups in total. The summed E-state index contributed by atoms with van der Waals surface area (Å²) in [5.41, 5.74) is 1.91. The summed E-state index contributed by atoms with van der Waals surface area (Å²) in [5.74, 6) is 0. The number of carbonyl (C=O) groups excluding carboxylic acids is 1. The van der Waals surface area contributed by atoms with Crippen LogP contribution in [0.2, 0.25) is 0 Å². The van der Waals surface area contributed by atoms with Crippen molar-refractivity contribution in [3.05, 3.63) is 35.4 Å². The van der Waals surface area contributed by atoms with E-state index in [1.807, 2.05) is 37.4 Å². The molecule has 3 heteroatoms. The van der Waals surface area contributed by atoms with Gasteiger partial charge in [-0.05, 0) is 30.0 Å². The molecule has 0 saturated carbocycles. The van der Waals surface area contributed by atoms with E-state index in [1.165, 1.54) is 21.6 Å². The zero-order valence-corrected chi connectivity index (χ0v) is 8.67. The normalized spacial score (nSPS) is 9.83. The van der Waals surface area contributed by atoms with Crippen molar-refractivity contribution in [1.29, 1.82) is 0 Å². The molecular formula is C9H10OS2. The van der Waals surface area contributed by atoms with Crippen LogP contribution >= 0.6 is 21.6 Å². The standard InChI is InChI=1S/C9H10OS2/c1-7-4-3-5-8(6-7)9(10)12-11-2/h3-6H,1-2H3. The van der Waals surface area contributed by atoms with Gasteiger partial charge in [0.25, 0.3) is 0 Å². The van der Waals surface area contributed by atoms with E-state index in [1.54, 1.807) is 0 Å². The molecule has 0 heterocycles. The van der Waals surface area contributed by atoms with Gasteiger partial charge in [-0.15, -0.1) is 0 Å². The van der Waals surface area contributed by atoms with Gasteiger partial charge in [0.2, 0.25) is 5.12 Å². The third-order valence-corrected chi connectivity index (χ3v) is 2.92. The third-order valence-electron chi connectivity index (χ3n) is 1.41. The number of aryl methyl sites for hydroxylation is 1. The first-order chi connectivity index (χ1) is 5.74. The van der Waals surface area contributed by atoms with Crippen molar-refractivity contribution in [3.8, 4) is 0 Å². The Labute approximate surface area is 80.3 Å². The lowest BCUT2D eigenvalue weighted by molar-refractivity contribution is 0.109. The second-order valence-electron chi connectivity index (χ2n) is 2.41. The summed E-state index contributed by atoms with van der Waals surface area (Å²) in [4.78, 5) is 11.3. The molecule has 1 aromatic rings. The molecule has 0 bridgehead atoms. The summed E-state index contributed by atoms with van der Waals surface area (Å²) >= 11 is 0. The quantitative estimate of drug-likeness (QED) is 0.680.